The number of carbonyl (C=O) groups excluding carboxylic acids is 1. The van der Waals surface area contributed by atoms with Gasteiger partial charge in [-0.25, -0.2) is 13.9 Å². The van der Waals surface area contributed by atoms with Gasteiger partial charge in [0.2, 0.25) is 0 Å². The molecule has 0 bridgehead atoms. The van der Waals surface area contributed by atoms with E-state index in [9.17, 15) is 9.18 Å². The first-order valence-corrected chi connectivity index (χ1v) is 11.6. The average molecular weight is 466 g/mol. The maximum absolute atomic E-state index is 13.9. The number of ether oxygens (including phenoxy) is 1. The third kappa shape index (κ3) is 5.63. The lowest BCUT2D eigenvalue weighted by atomic mass is 9.94. The van der Waals surface area contributed by atoms with Crippen LogP contribution in [0.1, 0.15) is 36.9 Å². The van der Waals surface area contributed by atoms with Gasteiger partial charge >= 0.3 is 6.03 Å². The Morgan fingerprint density at radius 2 is 1.94 bits per heavy atom. The molecule has 1 fully saturated rings. The Kier molecular flexibility index (Phi) is 7.59. The average Bonchev–Trinajstić information content (AvgIpc) is 3.42. The molecule has 2 unspecified atom stereocenters. The van der Waals surface area contributed by atoms with Crippen LogP contribution in [0, 0.1) is 5.82 Å². The maximum Gasteiger partial charge on any atom is 0.320 e. The monoisotopic (exact) mass is 465 g/mol. The minimum atomic E-state index is -0.313. The number of nitrogens with zero attached hydrogens (tertiary/aromatic N) is 3. The van der Waals surface area contributed by atoms with E-state index in [-0.39, 0.29) is 29.7 Å². The number of rotatable bonds is 8. The van der Waals surface area contributed by atoms with Crippen molar-refractivity contribution in [3.63, 3.8) is 0 Å². The number of hydrogen-bond acceptors (Lipinski definition) is 4. The molecule has 2 N–H and O–H groups in total. The summed E-state index contributed by atoms with van der Waals surface area (Å²) in [5.74, 6) is 0.520. The van der Waals surface area contributed by atoms with E-state index in [2.05, 4.69) is 29.4 Å². The van der Waals surface area contributed by atoms with Gasteiger partial charge in [0.25, 0.3) is 0 Å². The molecule has 0 spiro atoms. The van der Waals surface area contributed by atoms with Gasteiger partial charge in [-0.1, -0.05) is 44.2 Å². The molecule has 1 aliphatic rings. The van der Waals surface area contributed by atoms with Crippen LogP contribution in [0.2, 0.25) is 0 Å². The summed E-state index contributed by atoms with van der Waals surface area (Å²) in [6.07, 6.45) is 0. The minimum Gasteiger partial charge on any atom is -0.383 e. The van der Waals surface area contributed by atoms with Crippen LogP contribution >= 0.6 is 0 Å². The summed E-state index contributed by atoms with van der Waals surface area (Å²) in [6.45, 7) is 6.87. The lowest BCUT2D eigenvalue weighted by Crippen LogP contribution is -2.42. The number of anilines is 1. The number of aromatic nitrogens is 2. The number of amides is 2. The van der Waals surface area contributed by atoms with E-state index in [0.717, 1.165) is 30.0 Å². The largest absolute Gasteiger partial charge is 0.383 e. The van der Waals surface area contributed by atoms with Crippen LogP contribution in [-0.2, 0) is 4.74 Å². The number of para-hydroxylation sites is 1. The number of carbonyl (C=O) groups is 1. The molecule has 180 valence electrons. The van der Waals surface area contributed by atoms with Crippen LogP contribution in [0.4, 0.5) is 15.0 Å². The fourth-order valence-electron chi connectivity index (χ4n) is 4.37. The Labute approximate surface area is 199 Å². The van der Waals surface area contributed by atoms with Crippen LogP contribution < -0.4 is 10.6 Å². The number of likely N-dealkylation sites (tertiary alicyclic amines) is 1. The van der Waals surface area contributed by atoms with Gasteiger partial charge in [0, 0.05) is 38.7 Å². The first-order valence-electron chi connectivity index (χ1n) is 11.6. The Morgan fingerprint density at radius 1 is 1.15 bits per heavy atom. The lowest BCUT2D eigenvalue weighted by Gasteiger charge is -2.21. The van der Waals surface area contributed by atoms with Gasteiger partial charge in [-0.2, -0.15) is 5.10 Å². The lowest BCUT2D eigenvalue weighted by molar-refractivity contribution is 0.159. The molecule has 1 aliphatic heterocycles. The van der Waals surface area contributed by atoms with Crippen molar-refractivity contribution < 1.29 is 13.9 Å². The highest BCUT2D eigenvalue weighted by molar-refractivity contribution is 5.89. The van der Waals surface area contributed by atoms with Crippen molar-refractivity contribution in [2.24, 2.45) is 0 Å². The topological polar surface area (TPSA) is 71.4 Å². The number of methoxy groups -OCH3 is 1. The van der Waals surface area contributed by atoms with E-state index < -0.39 is 0 Å². The number of halogens is 1. The van der Waals surface area contributed by atoms with Crippen molar-refractivity contribution in [2.45, 2.75) is 31.7 Å². The van der Waals surface area contributed by atoms with E-state index in [0.29, 0.717) is 19.0 Å². The minimum absolute atomic E-state index is 0.0245. The summed E-state index contributed by atoms with van der Waals surface area (Å²) in [4.78, 5) is 15.3. The molecule has 0 saturated carbocycles. The van der Waals surface area contributed by atoms with Crippen molar-refractivity contribution in [3.05, 3.63) is 77.7 Å². The Balaban J connectivity index is 1.53. The maximum atomic E-state index is 13.9. The van der Waals surface area contributed by atoms with Crippen LogP contribution in [0.5, 0.6) is 0 Å². The highest BCUT2D eigenvalue weighted by Gasteiger charge is 2.35. The van der Waals surface area contributed by atoms with Gasteiger partial charge in [0.15, 0.2) is 0 Å². The molecule has 8 heteroatoms. The van der Waals surface area contributed by atoms with Crippen LogP contribution in [-0.4, -0.2) is 60.1 Å². The molecule has 4 rings (SSSR count). The van der Waals surface area contributed by atoms with E-state index in [1.165, 1.54) is 6.07 Å². The molecule has 3 aromatic rings. The highest BCUT2D eigenvalue weighted by atomic mass is 19.1. The molecule has 1 aromatic heterocycles. The van der Waals surface area contributed by atoms with Crippen LogP contribution in [0.25, 0.3) is 5.69 Å². The second-order valence-corrected chi connectivity index (χ2v) is 8.98. The van der Waals surface area contributed by atoms with Gasteiger partial charge < -0.3 is 10.1 Å². The highest BCUT2D eigenvalue weighted by Crippen LogP contribution is 2.28. The SMILES string of the molecule is COCCN1CC(NC(=O)Nc2cc(C(C)C)nn2-c2ccccc2)C(c2cccc(F)c2)C1. The van der Waals surface area contributed by atoms with E-state index in [1.807, 2.05) is 42.5 Å². The second-order valence-electron chi connectivity index (χ2n) is 8.98. The van der Waals surface area contributed by atoms with Gasteiger partial charge in [-0.05, 0) is 35.7 Å². The molecule has 0 aliphatic carbocycles. The van der Waals surface area contributed by atoms with E-state index in [4.69, 9.17) is 9.84 Å². The summed E-state index contributed by atoms with van der Waals surface area (Å²) in [5, 5.41) is 10.8. The summed E-state index contributed by atoms with van der Waals surface area (Å²) < 4.78 is 20.9. The Hall–Kier alpha value is -3.23. The predicted molar refractivity (Wildman–Crippen MR) is 131 cm³/mol. The van der Waals surface area contributed by atoms with Crippen molar-refractivity contribution in [1.82, 2.24) is 20.0 Å². The predicted octanol–water partition coefficient (Wildman–Crippen LogP) is 4.37. The summed E-state index contributed by atoms with van der Waals surface area (Å²) in [7, 11) is 1.67. The zero-order chi connectivity index (χ0) is 24.1. The van der Waals surface area contributed by atoms with Gasteiger partial charge in [-0.15, -0.1) is 0 Å². The molecule has 2 heterocycles. The van der Waals surface area contributed by atoms with E-state index >= 15 is 0 Å². The zero-order valence-corrected chi connectivity index (χ0v) is 19.9. The molecule has 1 saturated heterocycles. The van der Waals surface area contributed by atoms with Crippen molar-refractivity contribution >= 4 is 11.8 Å². The first-order chi connectivity index (χ1) is 16.4. The normalized spacial score (nSPS) is 18.4. The smallest absolute Gasteiger partial charge is 0.320 e. The summed E-state index contributed by atoms with van der Waals surface area (Å²) in [6, 6.07) is 17.8. The van der Waals surface area contributed by atoms with Crippen LogP contribution in [0.15, 0.2) is 60.7 Å². The van der Waals surface area contributed by atoms with Crippen LogP contribution in [0.3, 0.4) is 0 Å². The van der Waals surface area contributed by atoms with Crippen molar-refractivity contribution in [2.75, 3.05) is 38.7 Å². The molecule has 0 radical (unpaired) electrons. The second kappa shape index (κ2) is 10.8. The van der Waals surface area contributed by atoms with Gasteiger partial charge in [-0.3, -0.25) is 10.2 Å². The quantitative estimate of drug-likeness (QED) is 0.518. The Bertz CT molecular complexity index is 1100. The third-order valence-corrected chi connectivity index (χ3v) is 6.16. The molecule has 2 amide bonds. The fourth-order valence-corrected chi connectivity index (χ4v) is 4.37. The van der Waals surface area contributed by atoms with Crippen molar-refractivity contribution in [1.29, 1.82) is 0 Å². The standard InChI is InChI=1S/C26H32FN5O2/c1-18(2)23-15-25(32(30-23)21-10-5-4-6-11-21)29-26(33)28-24-17-31(12-13-34-3)16-22(24)19-8-7-9-20(27)14-19/h4-11,14-15,18,22,24H,12-13,16-17H2,1-3H3,(H2,28,29,33). The number of nitrogens with one attached hydrogen (secondary N) is 2. The molecule has 34 heavy (non-hydrogen) atoms. The molecule has 2 atom stereocenters. The summed E-state index contributed by atoms with van der Waals surface area (Å²) >= 11 is 0. The van der Waals surface area contributed by atoms with Gasteiger partial charge in [0.1, 0.15) is 11.6 Å². The zero-order valence-electron chi connectivity index (χ0n) is 19.9. The number of benzene rings is 2. The summed E-state index contributed by atoms with van der Waals surface area (Å²) in [5.41, 5.74) is 2.64. The molecule has 7 nitrogen and oxygen atoms in total. The Morgan fingerprint density at radius 3 is 2.65 bits per heavy atom. The molecular weight excluding hydrogens is 433 g/mol. The van der Waals surface area contributed by atoms with Gasteiger partial charge in [0.05, 0.1) is 24.0 Å². The number of hydrogen-bond donors (Lipinski definition) is 2. The third-order valence-electron chi connectivity index (χ3n) is 6.16. The first kappa shape index (κ1) is 23.9. The van der Waals surface area contributed by atoms with E-state index in [1.54, 1.807) is 23.9 Å². The molecule has 2 aromatic carbocycles. The fraction of sp³-hybridized carbons (Fsp3) is 0.385. The number of urea groups is 1. The molecular formula is C26H32FN5O2. The van der Waals surface area contributed by atoms with Crippen molar-refractivity contribution in [3.8, 4) is 5.69 Å².